The third-order valence-electron chi connectivity index (χ3n) is 0.641. The minimum absolute atomic E-state index is 0.420. The molecule has 0 aliphatic carbocycles. The lowest BCUT2D eigenvalue weighted by molar-refractivity contribution is -0.186. The van der Waals surface area contributed by atoms with Gasteiger partial charge in [-0.3, -0.25) is 4.79 Å². The zero-order valence-corrected chi connectivity index (χ0v) is 5.46. The van der Waals surface area contributed by atoms with Crippen LogP contribution in [0, 0.1) is 0 Å². The maximum Gasteiger partial charge on any atom is 0.304 e. The monoisotopic (exact) mass is 134 g/mol. The highest BCUT2D eigenvalue weighted by atomic mass is 16.7. The highest BCUT2D eigenvalue weighted by molar-refractivity contribution is 5.65. The molecule has 0 aromatic heterocycles. The summed E-state index contributed by atoms with van der Waals surface area (Å²) < 4.78 is 8.93. The van der Waals surface area contributed by atoms with E-state index in [1.54, 1.807) is 0 Å². The van der Waals surface area contributed by atoms with Crippen LogP contribution in [0.2, 0.25) is 0 Å². The van der Waals surface area contributed by atoms with Crippen molar-refractivity contribution >= 4 is 5.97 Å². The molecule has 1 unspecified atom stereocenters. The fraction of sp³-hybridized carbons (Fsp3) is 0.800. The molecule has 0 aliphatic rings. The lowest BCUT2D eigenvalue weighted by Gasteiger charge is -2.09. The van der Waals surface area contributed by atoms with Crippen LogP contribution in [0.25, 0.3) is 0 Å². The number of hydrogen-bond donors (Lipinski definition) is 1. The van der Waals surface area contributed by atoms with E-state index in [0.29, 0.717) is 0 Å². The number of esters is 1. The molecule has 0 bridgehead atoms. The van der Waals surface area contributed by atoms with Gasteiger partial charge >= 0.3 is 5.97 Å². The topological polar surface area (TPSA) is 55.8 Å². The van der Waals surface area contributed by atoms with Crippen molar-refractivity contribution in [3.63, 3.8) is 0 Å². The van der Waals surface area contributed by atoms with Crippen molar-refractivity contribution in [1.29, 1.82) is 0 Å². The summed E-state index contributed by atoms with van der Waals surface area (Å²) in [6.07, 6.45) is -0.660. The molecule has 4 nitrogen and oxygen atoms in total. The Balaban J connectivity index is 3.26. The summed E-state index contributed by atoms with van der Waals surface area (Å²) in [7, 11) is 0. The number of rotatable bonds is 3. The van der Waals surface area contributed by atoms with Crippen LogP contribution in [0.15, 0.2) is 0 Å². The van der Waals surface area contributed by atoms with Crippen LogP contribution < -0.4 is 0 Å². The molecular formula is C5H10O4. The molecule has 0 radical (unpaired) electrons. The van der Waals surface area contributed by atoms with Crippen molar-refractivity contribution in [2.45, 2.75) is 20.1 Å². The minimum Gasteiger partial charge on any atom is -0.436 e. The van der Waals surface area contributed by atoms with Gasteiger partial charge in [-0.15, -0.1) is 0 Å². The molecule has 0 saturated carbocycles. The van der Waals surface area contributed by atoms with Gasteiger partial charge in [0.15, 0.2) is 0 Å². The summed E-state index contributed by atoms with van der Waals surface area (Å²) in [5, 5.41) is 8.14. The molecule has 0 fully saturated rings. The van der Waals surface area contributed by atoms with E-state index < -0.39 is 19.1 Å². The second-order valence-electron chi connectivity index (χ2n) is 1.47. The van der Waals surface area contributed by atoms with Crippen molar-refractivity contribution in [3.05, 3.63) is 0 Å². The quantitative estimate of drug-likeness (QED) is 0.431. The van der Waals surface area contributed by atoms with Crippen LogP contribution in [0.5, 0.6) is 0 Å². The Morgan fingerprint density at radius 3 is 2.67 bits per heavy atom. The van der Waals surface area contributed by atoms with E-state index in [1.807, 2.05) is 0 Å². The molecule has 4 heteroatoms. The summed E-state index contributed by atoms with van der Waals surface area (Å²) in [6, 6.07) is 0. The first-order chi connectivity index (χ1) is 4.16. The molecule has 0 aromatic rings. The zero-order valence-electron chi connectivity index (χ0n) is 5.46. The zero-order chi connectivity index (χ0) is 7.28. The van der Waals surface area contributed by atoms with Crippen molar-refractivity contribution in [1.82, 2.24) is 0 Å². The Labute approximate surface area is 53.4 Å². The normalized spacial score (nSPS) is 12.8. The first-order valence-corrected chi connectivity index (χ1v) is 2.56. The van der Waals surface area contributed by atoms with Gasteiger partial charge in [-0.05, 0) is 6.92 Å². The molecule has 0 spiro atoms. The van der Waals surface area contributed by atoms with E-state index in [-0.39, 0.29) is 0 Å². The Morgan fingerprint density at radius 1 is 1.78 bits per heavy atom. The first-order valence-electron chi connectivity index (χ1n) is 2.56. The van der Waals surface area contributed by atoms with Crippen LogP contribution >= 0.6 is 0 Å². The summed E-state index contributed by atoms with van der Waals surface area (Å²) in [5.74, 6) is -0.420. The number of aliphatic hydroxyl groups is 1. The molecule has 0 amide bonds. The summed E-state index contributed by atoms with van der Waals surface area (Å²) in [6.45, 7) is 2.36. The second-order valence-corrected chi connectivity index (χ2v) is 1.47. The maximum absolute atomic E-state index is 10.1. The van der Waals surface area contributed by atoms with E-state index in [9.17, 15) is 4.79 Å². The predicted octanol–water partition coefficient (Wildman–Crippen LogP) is -0.138. The van der Waals surface area contributed by atoms with Gasteiger partial charge < -0.3 is 14.6 Å². The van der Waals surface area contributed by atoms with Gasteiger partial charge in [-0.25, -0.2) is 0 Å². The first kappa shape index (κ1) is 8.39. The van der Waals surface area contributed by atoms with Gasteiger partial charge in [0, 0.05) is 6.92 Å². The van der Waals surface area contributed by atoms with Gasteiger partial charge in [-0.1, -0.05) is 0 Å². The number of carbonyl (C=O) groups is 1. The molecule has 1 N–H and O–H groups in total. The molecule has 0 aromatic carbocycles. The highest BCUT2D eigenvalue weighted by Gasteiger charge is 2.02. The van der Waals surface area contributed by atoms with Gasteiger partial charge in [0.25, 0.3) is 0 Å². The summed E-state index contributed by atoms with van der Waals surface area (Å²) in [4.78, 5) is 10.1. The largest absolute Gasteiger partial charge is 0.436 e. The SMILES string of the molecule is CC(=O)OC(C)OCO. The molecule has 0 rings (SSSR count). The van der Waals surface area contributed by atoms with Crippen LogP contribution in [0.4, 0.5) is 0 Å². The van der Waals surface area contributed by atoms with Gasteiger partial charge in [0.2, 0.25) is 6.29 Å². The Morgan fingerprint density at radius 2 is 2.33 bits per heavy atom. The smallest absolute Gasteiger partial charge is 0.304 e. The van der Waals surface area contributed by atoms with Crippen LogP contribution in [0.1, 0.15) is 13.8 Å². The van der Waals surface area contributed by atoms with E-state index >= 15 is 0 Å². The van der Waals surface area contributed by atoms with E-state index in [1.165, 1.54) is 13.8 Å². The number of aliphatic hydroxyl groups excluding tert-OH is 1. The van der Waals surface area contributed by atoms with Crippen molar-refractivity contribution in [2.24, 2.45) is 0 Å². The predicted molar refractivity (Wildman–Crippen MR) is 29.4 cm³/mol. The van der Waals surface area contributed by atoms with Crippen molar-refractivity contribution in [2.75, 3.05) is 6.79 Å². The standard InChI is InChI=1S/C5H10O4/c1-4(7)9-5(2)8-3-6/h5-6H,3H2,1-2H3. The lowest BCUT2D eigenvalue weighted by Crippen LogP contribution is -2.16. The van der Waals surface area contributed by atoms with Crippen LogP contribution in [-0.4, -0.2) is 24.2 Å². The van der Waals surface area contributed by atoms with Gasteiger partial charge in [0.1, 0.15) is 6.79 Å². The second kappa shape index (κ2) is 4.29. The molecule has 1 atom stereocenters. The molecule has 0 saturated heterocycles. The van der Waals surface area contributed by atoms with E-state index in [0.717, 1.165) is 0 Å². The van der Waals surface area contributed by atoms with E-state index in [2.05, 4.69) is 9.47 Å². The minimum atomic E-state index is -0.660. The maximum atomic E-state index is 10.1. The average molecular weight is 134 g/mol. The van der Waals surface area contributed by atoms with Crippen molar-refractivity contribution < 1.29 is 19.4 Å². The fourth-order valence-electron chi connectivity index (χ4n) is 0.373. The molecule has 0 aliphatic heterocycles. The lowest BCUT2D eigenvalue weighted by atomic mass is 10.7. The van der Waals surface area contributed by atoms with Gasteiger partial charge in [0.05, 0.1) is 0 Å². The summed E-state index contributed by atoms with van der Waals surface area (Å²) in [5.41, 5.74) is 0. The molecule has 0 heterocycles. The molecular weight excluding hydrogens is 124 g/mol. The third kappa shape index (κ3) is 5.26. The Kier molecular flexibility index (Phi) is 4.00. The number of carbonyl (C=O) groups excluding carboxylic acids is 1. The van der Waals surface area contributed by atoms with E-state index in [4.69, 9.17) is 5.11 Å². The number of hydrogen-bond acceptors (Lipinski definition) is 4. The van der Waals surface area contributed by atoms with Crippen molar-refractivity contribution in [3.8, 4) is 0 Å². The van der Waals surface area contributed by atoms with Crippen LogP contribution in [-0.2, 0) is 14.3 Å². The summed E-state index contributed by atoms with van der Waals surface area (Å²) >= 11 is 0. The van der Waals surface area contributed by atoms with Crippen LogP contribution in [0.3, 0.4) is 0 Å². The molecule has 9 heavy (non-hydrogen) atoms. The highest BCUT2D eigenvalue weighted by Crippen LogP contribution is 1.91. The fourth-order valence-corrected chi connectivity index (χ4v) is 0.373. The third-order valence-corrected chi connectivity index (χ3v) is 0.641. The molecule has 54 valence electrons. The average Bonchev–Trinajstić information content (AvgIpc) is 1.63. The number of ether oxygens (including phenoxy) is 2. The Bertz CT molecular complexity index is 91.0. The Hall–Kier alpha value is -0.610. The van der Waals surface area contributed by atoms with Gasteiger partial charge in [-0.2, -0.15) is 0 Å².